The van der Waals surface area contributed by atoms with E-state index in [9.17, 15) is 9.59 Å². The molecule has 0 bridgehead atoms. The van der Waals surface area contributed by atoms with E-state index in [0.29, 0.717) is 18.6 Å². The van der Waals surface area contributed by atoms with Crippen molar-refractivity contribution in [3.05, 3.63) is 76.2 Å². The standard InChI is InChI=1S/C23H24N4O3/c1-4-18(23(29)24-14-16-9-5-8-12-20(16)30-3)27-19-11-7-6-10-17(19)22-25-21(28)13-15(2)26(22)27/h5-13,18H,4,14H2,1-3H3,(H,24,29)/t18-/m1/s1. The molecule has 0 saturated heterocycles. The molecule has 154 valence electrons. The Bertz CT molecular complexity index is 1290. The molecule has 0 fully saturated rings. The number of ether oxygens (including phenoxy) is 1. The highest BCUT2D eigenvalue weighted by atomic mass is 16.5. The van der Waals surface area contributed by atoms with Gasteiger partial charge in [0.2, 0.25) is 5.91 Å². The monoisotopic (exact) mass is 404 g/mol. The van der Waals surface area contributed by atoms with Crippen LogP contribution in [0.5, 0.6) is 5.75 Å². The maximum Gasteiger partial charge on any atom is 0.273 e. The first kappa shape index (κ1) is 19.7. The summed E-state index contributed by atoms with van der Waals surface area (Å²) in [6, 6.07) is 16.3. The van der Waals surface area contributed by atoms with Crippen LogP contribution in [-0.2, 0) is 11.3 Å². The average molecular weight is 404 g/mol. The van der Waals surface area contributed by atoms with Crippen LogP contribution in [0.4, 0.5) is 0 Å². The van der Waals surface area contributed by atoms with E-state index in [2.05, 4.69) is 10.3 Å². The van der Waals surface area contributed by atoms with Crippen molar-refractivity contribution in [2.24, 2.45) is 0 Å². The number of rotatable bonds is 6. The lowest BCUT2D eigenvalue weighted by Gasteiger charge is -2.21. The Morgan fingerprint density at radius 2 is 1.90 bits per heavy atom. The van der Waals surface area contributed by atoms with Crippen molar-refractivity contribution in [1.29, 1.82) is 0 Å². The van der Waals surface area contributed by atoms with Gasteiger partial charge in [-0.25, -0.2) is 4.52 Å². The number of carbonyl (C=O) groups excluding carboxylic acids is 1. The molecule has 2 aromatic carbocycles. The second kappa shape index (κ2) is 8.02. The molecule has 7 heteroatoms. The van der Waals surface area contributed by atoms with E-state index >= 15 is 0 Å². The van der Waals surface area contributed by atoms with Crippen LogP contribution in [0.15, 0.2) is 59.4 Å². The van der Waals surface area contributed by atoms with E-state index in [1.807, 2.05) is 71.6 Å². The summed E-state index contributed by atoms with van der Waals surface area (Å²) in [4.78, 5) is 29.5. The molecule has 0 unspecified atom stereocenters. The quantitative estimate of drug-likeness (QED) is 0.535. The van der Waals surface area contributed by atoms with Gasteiger partial charge in [0, 0.05) is 29.3 Å². The molecule has 30 heavy (non-hydrogen) atoms. The molecule has 0 spiro atoms. The number of para-hydroxylation sites is 2. The Balaban J connectivity index is 1.77. The number of nitrogens with zero attached hydrogens (tertiary/aromatic N) is 3. The average Bonchev–Trinajstić information content (AvgIpc) is 3.08. The van der Waals surface area contributed by atoms with Crippen molar-refractivity contribution >= 4 is 22.5 Å². The van der Waals surface area contributed by atoms with E-state index < -0.39 is 6.04 Å². The number of benzene rings is 2. The molecular formula is C23H24N4O3. The number of nitrogens with one attached hydrogen (secondary N) is 1. The fraction of sp³-hybridized carbons (Fsp3) is 0.261. The molecule has 2 heterocycles. The molecule has 0 aliphatic heterocycles. The Labute approximate surface area is 173 Å². The Hall–Kier alpha value is -3.61. The maximum absolute atomic E-state index is 13.2. The Kier molecular flexibility index (Phi) is 5.27. The van der Waals surface area contributed by atoms with Crippen LogP contribution in [0.3, 0.4) is 0 Å². The summed E-state index contributed by atoms with van der Waals surface area (Å²) in [5, 5.41) is 3.88. The molecule has 2 aromatic heterocycles. The summed E-state index contributed by atoms with van der Waals surface area (Å²) in [6.45, 7) is 4.19. The van der Waals surface area contributed by atoms with E-state index in [1.165, 1.54) is 6.07 Å². The number of hydrogen-bond acceptors (Lipinski definition) is 4. The fourth-order valence-electron chi connectivity index (χ4n) is 3.93. The lowest BCUT2D eigenvalue weighted by atomic mass is 10.1. The van der Waals surface area contributed by atoms with Crippen molar-refractivity contribution in [2.45, 2.75) is 32.9 Å². The first-order valence-corrected chi connectivity index (χ1v) is 9.94. The van der Waals surface area contributed by atoms with E-state index in [1.54, 1.807) is 7.11 Å². The van der Waals surface area contributed by atoms with Gasteiger partial charge in [-0.05, 0) is 31.5 Å². The van der Waals surface area contributed by atoms with E-state index in [-0.39, 0.29) is 11.5 Å². The maximum atomic E-state index is 13.2. The number of aryl methyl sites for hydroxylation is 1. The molecule has 1 N–H and O–H groups in total. The summed E-state index contributed by atoms with van der Waals surface area (Å²) >= 11 is 0. The van der Waals surface area contributed by atoms with Crippen LogP contribution in [-0.4, -0.2) is 27.2 Å². The largest absolute Gasteiger partial charge is 0.496 e. The highest BCUT2D eigenvalue weighted by Gasteiger charge is 2.24. The normalized spacial score (nSPS) is 12.2. The molecule has 4 rings (SSSR count). The van der Waals surface area contributed by atoms with Gasteiger partial charge in [0.25, 0.3) is 5.56 Å². The van der Waals surface area contributed by atoms with Crippen LogP contribution >= 0.6 is 0 Å². The number of fused-ring (bicyclic) bond motifs is 3. The molecule has 0 saturated carbocycles. The minimum absolute atomic E-state index is 0.107. The Morgan fingerprint density at radius 3 is 2.67 bits per heavy atom. The van der Waals surface area contributed by atoms with Crippen molar-refractivity contribution in [3.8, 4) is 5.75 Å². The van der Waals surface area contributed by atoms with Gasteiger partial charge >= 0.3 is 0 Å². The highest BCUT2D eigenvalue weighted by molar-refractivity contribution is 5.94. The number of amides is 1. The van der Waals surface area contributed by atoms with Crippen LogP contribution in [0.25, 0.3) is 16.6 Å². The van der Waals surface area contributed by atoms with Crippen LogP contribution in [0, 0.1) is 6.92 Å². The SMILES string of the molecule is CC[C@H](C(=O)NCc1ccccc1OC)n1c2ccccc2c2nc(=O)cc(C)n21. The van der Waals surface area contributed by atoms with Crippen molar-refractivity contribution in [2.75, 3.05) is 7.11 Å². The minimum atomic E-state index is -0.467. The third kappa shape index (κ3) is 3.32. The van der Waals surface area contributed by atoms with Gasteiger partial charge in [0.15, 0.2) is 5.65 Å². The van der Waals surface area contributed by atoms with E-state index in [0.717, 1.165) is 27.9 Å². The number of aromatic nitrogens is 3. The van der Waals surface area contributed by atoms with Gasteiger partial charge < -0.3 is 10.1 Å². The van der Waals surface area contributed by atoms with Gasteiger partial charge in [-0.1, -0.05) is 37.3 Å². The third-order valence-corrected chi connectivity index (χ3v) is 5.32. The van der Waals surface area contributed by atoms with Crippen molar-refractivity contribution in [3.63, 3.8) is 0 Å². The van der Waals surface area contributed by atoms with Crippen molar-refractivity contribution < 1.29 is 9.53 Å². The molecular weight excluding hydrogens is 380 g/mol. The summed E-state index contributed by atoms with van der Waals surface area (Å²) in [5.74, 6) is 0.629. The van der Waals surface area contributed by atoms with Gasteiger partial charge in [-0.15, -0.1) is 0 Å². The molecule has 1 amide bonds. The third-order valence-electron chi connectivity index (χ3n) is 5.32. The number of methoxy groups -OCH3 is 1. The molecule has 4 aromatic rings. The lowest BCUT2D eigenvalue weighted by molar-refractivity contribution is -0.124. The smallest absolute Gasteiger partial charge is 0.273 e. The van der Waals surface area contributed by atoms with Crippen LogP contribution < -0.4 is 15.6 Å². The summed E-state index contributed by atoms with van der Waals surface area (Å²) < 4.78 is 9.18. The minimum Gasteiger partial charge on any atom is -0.496 e. The first-order valence-electron chi connectivity index (χ1n) is 9.94. The van der Waals surface area contributed by atoms with Crippen LogP contribution in [0.2, 0.25) is 0 Å². The first-order chi connectivity index (χ1) is 14.5. The van der Waals surface area contributed by atoms with E-state index in [4.69, 9.17) is 4.74 Å². The van der Waals surface area contributed by atoms with Crippen molar-refractivity contribution in [1.82, 2.24) is 19.5 Å². The zero-order valence-corrected chi connectivity index (χ0v) is 17.3. The highest BCUT2D eigenvalue weighted by Crippen LogP contribution is 2.27. The number of carbonyl (C=O) groups is 1. The topological polar surface area (TPSA) is 77.6 Å². The second-order valence-corrected chi connectivity index (χ2v) is 7.19. The summed E-state index contributed by atoms with van der Waals surface area (Å²) in [7, 11) is 1.62. The molecule has 0 radical (unpaired) electrons. The summed E-state index contributed by atoms with van der Waals surface area (Å²) in [6.07, 6.45) is 0.580. The summed E-state index contributed by atoms with van der Waals surface area (Å²) in [5.41, 5.74) is 2.78. The Morgan fingerprint density at radius 1 is 1.17 bits per heavy atom. The molecule has 0 aliphatic carbocycles. The fourth-order valence-corrected chi connectivity index (χ4v) is 3.93. The predicted octanol–water partition coefficient (Wildman–Crippen LogP) is 3.23. The van der Waals surface area contributed by atoms with Gasteiger partial charge in [-0.2, -0.15) is 4.98 Å². The van der Waals surface area contributed by atoms with Gasteiger partial charge in [-0.3, -0.25) is 14.3 Å². The molecule has 7 nitrogen and oxygen atoms in total. The van der Waals surface area contributed by atoms with Crippen LogP contribution in [0.1, 0.15) is 30.6 Å². The second-order valence-electron chi connectivity index (χ2n) is 7.19. The van der Waals surface area contributed by atoms with Gasteiger partial charge in [0.05, 0.1) is 12.6 Å². The molecule has 0 aliphatic rings. The predicted molar refractivity (Wildman–Crippen MR) is 116 cm³/mol. The zero-order valence-electron chi connectivity index (χ0n) is 17.3. The zero-order chi connectivity index (χ0) is 21.3. The van der Waals surface area contributed by atoms with Gasteiger partial charge in [0.1, 0.15) is 11.8 Å². The number of hydrogen-bond donors (Lipinski definition) is 1. The molecule has 1 atom stereocenters. The lowest BCUT2D eigenvalue weighted by Crippen LogP contribution is -2.34.